The Morgan fingerprint density at radius 2 is 1.95 bits per heavy atom. The Morgan fingerprint density at radius 1 is 1.29 bits per heavy atom. The molecule has 21 heavy (non-hydrogen) atoms. The predicted octanol–water partition coefficient (Wildman–Crippen LogP) is 2.53. The van der Waals surface area contributed by atoms with Gasteiger partial charge in [-0.25, -0.2) is 4.39 Å². The van der Waals surface area contributed by atoms with Crippen LogP contribution in [0.4, 0.5) is 4.39 Å². The Labute approximate surface area is 125 Å². The average molecular weight is 290 g/mol. The standard InChI is InChI=1S/C17H23FN2O/c1-12(21)20(11-13-6-8-19-9-7-13)17-10-16(17)14-2-4-15(18)5-3-14/h2-5,13,16-17,19H,6-11H2,1H3. The van der Waals surface area contributed by atoms with Crippen molar-refractivity contribution in [2.75, 3.05) is 19.6 Å². The van der Waals surface area contributed by atoms with Crippen LogP contribution >= 0.6 is 0 Å². The van der Waals surface area contributed by atoms with Crippen molar-refractivity contribution in [2.45, 2.75) is 38.1 Å². The van der Waals surface area contributed by atoms with Gasteiger partial charge < -0.3 is 10.2 Å². The van der Waals surface area contributed by atoms with Crippen LogP contribution in [0.2, 0.25) is 0 Å². The van der Waals surface area contributed by atoms with Gasteiger partial charge in [0.1, 0.15) is 5.82 Å². The number of rotatable bonds is 4. The van der Waals surface area contributed by atoms with Gasteiger partial charge in [0.2, 0.25) is 5.91 Å². The first-order valence-corrected chi connectivity index (χ1v) is 7.88. The van der Waals surface area contributed by atoms with Gasteiger partial charge in [0.25, 0.3) is 0 Å². The maximum atomic E-state index is 13.0. The van der Waals surface area contributed by atoms with Crippen LogP contribution in [-0.2, 0) is 4.79 Å². The third-order valence-electron chi connectivity index (χ3n) is 4.77. The number of carbonyl (C=O) groups excluding carboxylic acids is 1. The van der Waals surface area contributed by atoms with Gasteiger partial charge >= 0.3 is 0 Å². The van der Waals surface area contributed by atoms with Crippen LogP contribution < -0.4 is 5.32 Å². The van der Waals surface area contributed by atoms with Crippen LogP contribution in [0.25, 0.3) is 0 Å². The molecule has 2 fully saturated rings. The normalized spacial score (nSPS) is 25.6. The van der Waals surface area contributed by atoms with E-state index in [2.05, 4.69) is 5.32 Å². The van der Waals surface area contributed by atoms with E-state index in [1.807, 2.05) is 17.0 Å². The fourth-order valence-electron chi connectivity index (χ4n) is 3.43. The second kappa shape index (κ2) is 6.14. The Morgan fingerprint density at radius 3 is 2.57 bits per heavy atom. The molecule has 1 aromatic carbocycles. The summed E-state index contributed by atoms with van der Waals surface area (Å²) in [5, 5.41) is 3.36. The van der Waals surface area contributed by atoms with Gasteiger partial charge in [-0.2, -0.15) is 0 Å². The summed E-state index contributed by atoms with van der Waals surface area (Å²) in [6.07, 6.45) is 3.31. The SMILES string of the molecule is CC(=O)N(CC1CCNCC1)C1CC1c1ccc(F)cc1. The highest BCUT2D eigenvalue weighted by atomic mass is 19.1. The Bertz CT molecular complexity index is 496. The zero-order valence-electron chi connectivity index (χ0n) is 12.5. The van der Waals surface area contributed by atoms with Gasteiger partial charge in [-0.15, -0.1) is 0 Å². The van der Waals surface area contributed by atoms with E-state index in [1.165, 1.54) is 12.1 Å². The van der Waals surface area contributed by atoms with Gasteiger partial charge in [-0.3, -0.25) is 4.79 Å². The van der Waals surface area contributed by atoms with Crippen LogP contribution in [0, 0.1) is 11.7 Å². The number of nitrogens with one attached hydrogen (secondary N) is 1. The molecule has 4 heteroatoms. The number of hydrogen-bond donors (Lipinski definition) is 1. The second-order valence-corrected chi connectivity index (χ2v) is 6.33. The first-order chi connectivity index (χ1) is 10.1. The molecule has 1 aliphatic heterocycles. The minimum Gasteiger partial charge on any atom is -0.339 e. The number of nitrogens with zero attached hydrogens (tertiary/aromatic N) is 1. The highest BCUT2D eigenvalue weighted by Crippen LogP contribution is 2.45. The Balaban J connectivity index is 1.63. The first kappa shape index (κ1) is 14.5. The highest BCUT2D eigenvalue weighted by molar-refractivity contribution is 5.74. The molecule has 1 heterocycles. The summed E-state index contributed by atoms with van der Waals surface area (Å²) < 4.78 is 13.0. The minimum atomic E-state index is -0.200. The number of amides is 1. The summed E-state index contributed by atoms with van der Waals surface area (Å²) in [4.78, 5) is 14.0. The fourth-order valence-corrected chi connectivity index (χ4v) is 3.43. The quantitative estimate of drug-likeness (QED) is 0.924. The molecule has 0 bridgehead atoms. The molecule has 2 atom stereocenters. The molecule has 1 amide bonds. The largest absolute Gasteiger partial charge is 0.339 e. The summed E-state index contributed by atoms with van der Waals surface area (Å²) in [5.41, 5.74) is 1.15. The van der Waals surface area contributed by atoms with E-state index in [0.29, 0.717) is 17.9 Å². The van der Waals surface area contributed by atoms with Crippen LogP contribution in [0.15, 0.2) is 24.3 Å². The maximum Gasteiger partial charge on any atom is 0.219 e. The zero-order valence-corrected chi connectivity index (χ0v) is 12.5. The lowest BCUT2D eigenvalue weighted by Gasteiger charge is -2.30. The van der Waals surface area contributed by atoms with Crippen LogP contribution in [0.5, 0.6) is 0 Å². The molecular formula is C17H23FN2O. The monoisotopic (exact) mass is 290 g/mol. The van der Waals surface area contributed by atoms with Crippen LogP contribution in [-0.4, -0.2) is 36.5 Å². The predicted molar refractivity (Wildman–Crippen MR) is 80.5 cm³/mol. The van der Waals surface area contributed by atoms with Crippen molar-refractivity contribution in [3.63, 3.8) is 0 Å². The van der Waals surface area contributed by atoms with E-state index in [1.54, 1.807) is 6.92 Å². The molecule has 0 spiro atoms. The summed E-state index contributed by atoms with van der Waals surface area (Å²) >= 11 is 0. The lowest BCUT2D eigenvalue weighted by molar-refractivity contribution is -0.130. The van der Waals surface area contributed by atoms with Crippen molar-refractivity contribution in [3.8, 4) is 0 Å². The highest BCUT2D eigenvalue weighted by Gasteiger charge is 2.44. The molecular weight excluding hydrogens is 267 g/mol. The Kier molecular flexibility index (Phi) is 4.24. The number of benzene rings is 1. The van der Waals surface area contributed by atoms with E-state index in [9.17, 15) is 9.18 Å². The van der Waals surface area contributed by atoms with E-state index in [0.717, 1.165) is 44.5 Å². The number of halogens is 1. The first-order valence-electron chi connectivity index (χ1n) is 7.88. The third kappa shape index (κ3) is 3.43. The smallest absolute Gasteiger partial charge is 0.219 e. The van der Waals surface area contributed by atoms with Gasteiger partial charge in [-0.05, 0) is 56.0 Å². The van der Waals surface area contributed by atoms with Gasteiger partial charge in [0.15, 0.2) is 0 Å². The molecule has 1 N–H and O–H groups in total. The summed E-state index contributed by atoms with van der Waals surface area (Å²) in [5.74, 6) is 0.970. The van der Waals surface area contributed by atoms with E-state index in [4.69, 9.17) is 0 Å². The summed E-state index contributed by atoms with van der Waals surface area (Å²) in [6, 6.07) is 7.03. The molecule has 1 aliphatic carbocycles. The van der Waals surface area contributed by atoms with Crippen molar-refractivity contribution in [2.24, 2.45) is 5.92 Å². The van der Waals surface area contributed by atoms with Gasteiger partial charge in [-0.1, -0.05) is 12.1 Å². The van der Waals surface area contributed by atoms with Crippen molar-refractivity contribution >= 4 is 5.91 Å². The molecule has 3 rings (SSSR count). The third-order valence-corrected chi connectivity index (χ3v) is 4.77. The van der Waals surface area contributed by atoms with Crippen molar-refractivity contribution < 1.29 is 9.18 Å². The molecule has 1 saturated heterocycles. The van der Waals surface area contributed by atoms with Gasteiger partial charge in [0.05, 0.1) is 0 Å². The molecule has 0 radical (unpaired) electrons. The topological polar surface area (TPSA) is 32.3 Å². The van der Waals surface area contributed by atoms with E-state index < -0.39 is 0 Å². The summed E-state index contributed by atoms with van der Waals surface area (Å²) in [6.45, 7) is 4.66. The molecule has 114 valence electrons. The van der Waals surface area contributed by atoms with E-state index in [-0.39, 0.29) is 11.7 Å². The van der Waals surface area contributed by atoms with Crippen molar-refractivity contribution in [1.82, 2.24) is 10.2 Å². The number of piperidine rings is 1. The average Bonchev–Trinajstić information content (AvgIpc) is 3.26. The van der Waals surface area contributed by atoms with Crippen LogP contribution in [0.3, 0.4) is 0 Å². The molecule has 3 nitrogen and oxygen atoms in total. The molecule has 1 aromatic rings. The Hall–Kier alpha value is -1.42. The van der Waals surface area contributed by atoms with Crippen LogP contribution in [0.1, 0.15) is 37.7 Å². The number of carbonyl (C=O) groups is 1. The molecule has 0 aromatic heterocycles. The lowest BCUT2D eigenvalue weighted by Crippen LogP contribution is -2.40. The zero-order chi connectivity index (χ0) is 14.8. The van der Waals surface area contributed by atoms with E-state index >= 15 is 0 Å². The molecule has 1 saturated carbocycles. The summed E-state index contributed by atoms with van der Waals surface area (Å²) in [7, 11) is 0. The van der Waals surface area contributed by atoms with Gasteiger partial charge in [0, 0.05) is 25.4 Å². The second-order valence-electron chi connectivity index (χ2n) is 6.33. The van der Waals surface area contributed by atoms with Crippen molar-refractivity contribution in [1.29, 1.82) is 0 Å². The lowest BCUT2D eigenvalue weighted by atomic mass is 9.97. The molecule has 2 unspecified atom stereocenters. The fraction of sp³-hybridized carbons (Fsp3) is 0.588. The minimum absolute atomic E-state index is 0.170. The number of hydrogen-bond acceptors (Lipinski definition) is 2. The van der Waals surface area contributed by atoms with Crippen molar-refractivity contribution in [3.05, 3.63) is 35.6 Å². The maximum absolute atomic E-state index is 13.0. The molecule has 2 aliphatic rings.